The Morgan fingerprint density at radius 3 is 2.74 bits per heavy atom. The number of rotatable bonds is 4. The first-order valence-corrected chi connectivity index (χ1v) is 9.43. The van der Waals surface area contributed by atoms with E-state index in [-0.39, 0.29) is 29.7 Å². The Kier molecular flexibility index (Phi) is 5.26. The van der Waals surface area contributed by atoms with Gasteiger partial charge in [0.2, 0.25) is 11.8 Å². The maximum atomic E-state index is 12.7. The van der Waals surface area contributed by atoms with E-state index in [0.717, 1.165) is 29.8 Å². The molecule has 1 aromatic rings. The Hall–Kier alpha value is -1.49. The third-order valence-corrected chi connectivity index (χ3v) is 6.03. The number of carbonyl (C=O) groups excluding carboxylic acids is 2. The molecule has 5 heteroatoms. The molecule has 1 N–H and O–H groups in total. The van der Waals surface area contributed by atoms with Gasteiger partial charge in [-0.25, -0.2) is 0 Å². The van der Waals surface area contributed by atoms with Crippen LogP contribution in [0.3, 0.4) is 0 Å². The maximum Gasteiger partial charge on any atom is 0.240 e. The van der Waals surface area contributed by atoms with Gasteiger partial charge in [0, 0.05) is 10.9 Å². The molecule has 23 heavy (non-hydrogen) atoms. The van der Waals surface area contributed by atoms with E-state index in [1.807, 2.05) is 31.2 Å². The summed E-state index contributed by atoms with van der Waals surface area (Å²) in [4.78, 5) is 27.8. The van der Waals surface area contributed by atoms with Crippen LogP contribution in [0.5, 0.6) is 0 Å². The fraction of sp³-hybridized carbons (Fsp3) is 0.556. The first-order chi connectivity index (χ1) is 11.2. The van der Waals surface area contributed by atoms with Crippen molar-refractivity contribution in [3.05, 3.63) is 24.3 Å². The topological polar surface area (TPSA) is 49.4 Å². The van der Waals surface area contributed by atoms with Crippen molar-refractivity contribution in [3.63, 3.8) is 0 Å². The normalized spacial score (nSPS) is 21.9. The zero-order valence-corrected chi connectivity index (χ0v) is 14.4. The van der Waals surface area contributed by atoms with E-state index in [1.54, 1.807) is 16.7 Å². The second-order valence-corrected chi connectivity index (χ2v) is 7.55. The summed E-state index contributed by atoms with van der Waals surface area (Å²) in [5.74, 6) is 0.0109. The van der Waals surface area contributed by atoms with Gasteiger partial charge in [-0.2, -0.15) is 0 Å². The number of benzene rings is 1. The summed E-state index contributed by atoms with van der Waals surface area (Å²) >= 11 is 1.61. The number of para-hydroxylation sites is 1. The van der Waals surface area contributed by atoms with Gasteiger partial charge in [-0.15, -0.1) is 11.8 Å². The van der Waals surface area contributed by atoms with Crippen molar-refractivity contribution in [1.82, 2.24) is 5.32 Å². The van der Waals surface area contributed by atoms with Crippen molar-refractivity contribution >= 4 is 29.3 Å². The molecule has 1 saturated carbocycles. The van der Waals surface area contributed by atoms with E-state index in [4.69, 9.17) is 0 Å². The number of hydrogen-bond acceptors (Lipinski definition) is 3. The number of nitrogens with one attached hydrogen (secondary N) is 1. The highest BCUT2D eigenvalue weighted by Gasteiger charge is 2.33. The molecule has 0 unspecified atom stereocenters. The van der Waals surface area contributed by atoms with E-state index >= 15 is 0 Å². The lowest BCUT2D eigenvalue weighted by Crippen LogP contribution is -2.48. The van der Waals surface area contributed by atoms with Gasteiger partial charge in [-0.3, -0.25) is 9.59 Å². The van der Waals surface area contributed by atoms with Crippen molar-refractivity contribution in [2.45, 2.75) is 61.6 Å². The minimum absolute atomic E-state index is 0.0400. The largest absolute Gasteiger partial charge is 0.352 e. The zero-order chi connectivity index (χ0) is 16.2. The summed E-state index contributed by atoms with van der Waals surface area (Å²) < 4.78 is 0. The third-order valence-electron chi connectivity index (χ3n) is 4.61. The summed E-state index contributed by atoms with van der Waals surface area (Å²) in [6, 6.07) is 8.14. The van der Waals surface area contributed by atoms with Gasteiger partial charge >= 0.3 is 0 Å². The van der Waals surface area contributed by atoms with Gasteiger partial charge in [0.25, 0.3) is 0 Å². The fourth-order valence-corrected chi connectivity index (χ4v) is 4.52. The number of carbonyl (C=O) groups is 2. The first-order valence-electron chi connectivity index (χ1n) is 8.55. The molecule has 0 aromatic heterocycles. The van der Waals surface area contributed by atoms with Crippen molar-refractivity contribution in [1.29, 1.82) is 0 Å². The second kappa shape index (κ2) is 7.39. The summed E-state index contributed by atoms with van der Waals surface area (Å²) in [5.41, 5.74) is 0.867. The van der Waals surface area contributed by atoms with E-state index in [0.29, 0.717) is 0 Å². The lowest BCUT2D eigenvalue weighted by molar-refractivity contribution is -0.124. The number of nitrogens with zero attached hydrogens (tertiary/aromatic N) is 1. The van der Waals surface area contributed by atoms with Gasteiger partial charge in [0.05, 0.1) is 10.9 Å². The highest BCUT2D eigenvalue weighted by atomic mass is 32.2. The Bertz CT molecular complexity index is 584. The Balaban J connectivity index is 1.72. The summed E-state index contributed by atoms with van der Waals surface area (Å²) in [6.07, 6.45) is 6.53. The quantitative estimate of drug-likeness (QED) is 0.920. The molecule has 1 aromatic carbocycles. The molecule has 1 aliphatic heterocycles. The van der Waals surface area contributed by atoms with Crippen LogP contribution in [0.4, 0.5) is 5.69 Å². The summed E-state index contributed by atoms with van der Waals surface area (Å²) in [7, 11) is 0. The van der Waals surface area contributed by atoms with Crippen LogP contribution in [0.25, 0.3) is 0 Å². The molecular weight excluding hydrogens is 308 g/mol. The molecule has 0 radical (unpaired) electrons. The van der Waals surface area contributed by atoms with Crippen LogP contribution >= 0.6 is 11.8 Å². The van der Waals surface area contributed by atoms with Gasteiger partial charge in [-0.1, -0.05) is 38.3 Å². The van der Waals surface area contributed by atoms with E-state index in [2.05, 4.69) is 5.32 Å². The predicted octanol–water partition coefficient (Wildman–Crippen LogP) is 3.35. The molecule has 0 saturated heterocycles. The molecule has 1 heterocycles. The number of hydrogen-bond donors (Lipinski definition) is 1. The molecule has 3 rings (SSSR count). The van der Waals surface area contributed by atoms with Gasteiger partial charge in [-0.05, 0) is 31.4 Å². The lowest BCUT2D eigenvalue weighted by Gasteiger charge is -2.33. The second-order valence-electron chi connectivity index (χ2n) is 6.31. The standard InChI is InChI=1S/C18H24N2O2S/c1-2-15-18(22)20(14-10-6-7-11-16(14)23-15)12-17(21)19-13-8-4-3-5-9-13/h6-7,10-11,13,15H,2-5,8-9,12H2,1H3,(H,19,21)/t15-/m1/s1. The molecule has 4 nitrogen and oxygen atoms in total. The van der Waals surface area contributed by atoms with Crippen LogP contribution in [0, 0.1) is 0 Å². The van der Waals surface area contributed by atoms with Crippen LogP contribution in [0.1, 0.15) is 45.4 Å². The van der Waals surface area contributed by atoms with Crippen molar-refractivity contribution < 1.29 is 9.59 Å². The highest BCUT2D eigenvalue weighted by molar-refractivity contribution is 8.01. The Labute approximate surface area is 142 Å². The number of fused-ring (bicyclic) bond motifs is 1. The number of thioether (sulfide) groups is 1. The first kappa shape index (κ1) is 16.4. The molecule has 1 aliphatic carbocycles. The molecule has 0 bridgehead atoms. The van der Waals surface area contributed by atoms with Crippen molar-refractivity contribution in [2.75, 3.05) is 11.4 Å². The summed E-state index contributed by atoms with van der Waals surface area (Å²) in [6.45, 7) is 2.15. The fourth-order valence-electron chi connectivity index (χ4n) is 3.36. The van der Waals surface area contributed by atoms with Gasteiger partial charge in [0.15, 0.2) is 0 Å². The highest BCUT2D eigenvalue weighted by Crippen LogP contribution is 2.39. The Morgan fingerprint density at radius 1 is 1.26 bits per heavy atom. The van der Waals surface area contributed by atoms with E-state index in [1.165, 1.54) is 19.3 Å². The third kappa shape index (κ3) is 3.71. The molecule has 124 valence electrons. The average Bonchev–Trinajstić information content (AvgIpc) is 2.58. The molecular formula is C18H24N2O2S. The molecule has 2 aliphatic rings. The van der Waals surface area contributed by atoms with Gasteiger partial charge in [0.1, 0.15) is 6.54 Å². The summed E-state index contributed by atoms with van der Waals surface area (Å²) in [5, 5.41) is 3.02. The van der Waals surface area contributed by atoms with Crippen molar-refractivity contribution in [2.24, 2.45) is 0 Å². The molecule has 1 atom stereocenters. The SMILES string of the molecule is CC[C@H]1Sc2ccccc2N(CC(=O)NC2CCCCC2)C1=O. The number of amides is 2. The van der Waals surface area contributed by atoms with E-state index < -0.39 is 0 Å². The van der Waals surface area contributed by atoms with E-state index in [9.17, 15) is 9.59 Å². The minimum atomic E-state index is -0.0904. The zero-order valence-electron chi connectivity index (χ0n) is 13.6. The molecule has 0 spiro atoms. The minimum Gasteiger partial charge on any atom is -0.352 e. The smallest absolute Gasteiger partial charge is 0.240 e. The van der Waals surface area contributed by atoms with Crippen LogP contribution in [-0.2, 0) is 9.59 Å². The van der Waals surface area contributed by atoms with Crippen molar-refractivity contribution in [3.8, 4) is 0 Å². The van der Waals surface area contributed by atoms with Crippen LogP contribution in [0.15, 0.2) is 29.2 Å². The lowest BCUT2D eigenvalue weighted by atomic mass is 9.95. The molecule has 1 fully saturated rings. The number of anilines is 1. The van der Waals surface area contributed by atoms with Crippen LogP contribution in [-0.4, -0.2) is 29.7 Å². The van der Waals surface area contributed by atoms with Crippen LogP contribution in [0.2, 0.25) is 0 Å². The monoisotopic (exact) mass is 332 g/mol. The predicted molar refractivity (Wildman–Crippen MR) is 93.7 cm³/mol. The van der Waals surface area contributed by atoms with Gasteiger partial charge < -0.3 is 10.2 Å². The Morgan fingerprint density at radius 2 is 2.00 bits per heavy atom. The maximum absolute atomic E-state index is 12.7. The van der Waals surface area contributed by atoms with Crippen LogP contribution < -0.4 is 10.2 Å². The average molecular weight is 332 g/mol. The molecule has 2 amide bonds.